The number of fused-ring (bicyclic) bond motifs is 1. The Morgan fingerprint density at radius 2 is 2.00 bits per heavy atom. The number of hydrogen-bond acceptors (Lipinski definition) is 2. The molecule has 0 bridgehead atoms. The molecule has 0 aliphatic carbocycles. The molecule has 18 heavy (non-hydrogen) atoms. The van der Waals surface area contributed by atoms with Crippen molar-refractivity contribution in [2.45, 2.75) is 18.9 Å². The maximum Gasteiger partial charge on any atom is 0.241 e. The highest BCUT2D eigenvalue weighted by atomic mass is 16.2. The van der Waals surface area contributed by atoms with E-state index in [9.17, 15) is 4.79 Å². The Labute approximate surface area is 106 Å². The van der Waals surface area contributed by atoms with Gasteiger partial charge in [0.1, 0.15) is 0 Å². The lowest BCUT2D eigenvalue weighted by Gasteiger charge is -2.11. The fraction of sp³-hybridized carbons (Fsp3) is 0.267. The molecule has 1 amide bonds. The van der Waals surface area contributed by atoms with Crippen LogP contribution in [0.3, 0.4) is 0 Å². The quantitative estimate of drug-likeness (QED) is 0.847. The lowest BCUT2D eigenvalue weighted by atomic mass is 10.1. The molecule has 2 aromatic carbocycles. The molecule has 2 N–H and O–H groups in total. The molecular weight excluding hydrogens is 224 g/mol. The van der Waals surface area contributed by atoms with Crippen LogP contribution in [0, 0.1) is 0 Å². The number of carbonyl (C=O) groups excluding carboxylic acids is 1. The van der Waals surface area contributed by atoms with E-state index in [0.717, 1.165) is 30.5 Å². The zero-order valence-corrected chi connectivity index (χ0v) is 10.1. The van der Waals surface area contributed by atoms with Crippen molar-refractivity contribution in [2.75, 3.05) is 11.9 Å². The highest BCUT2D eigenvalue weighted by Gasteiger charge is 2.21. The molecule has 3 heteroatoms. The van der Waals surface area contributed by atoms with Crippen molar-refractivity contribution >= 4 is 22.4 Å². The predicted octanol–water partition coefficient (Wildman–Crippen LogP) is 2.53. The fourth-order valence-electron chi connectivity index (χ4n) is 2.40. The van der Waals surface area contributed by atoms with Gasteiger partial charge in [-0.3, -0.25) is 4.79 Å². The van der Waals surface area contributed by atoms with Crippen LogP contribution in [0.5, 0.6) is 0 Å². The number of nitrogens with one attached hydrogen (secondary N) is 2. The van der Waals surface area contributed by atoms with Gasteiger partial charge in [0, 0.05) is 5.69 Å². The van der Waals surface area contributed by atoms with E-state index >= 15 is 0 Å². The zero-order chi connectivity index (χ0) is 12.4. The second-order valence-corrected chi connectivity index (χ2v) is 4.70. The summed E-state index contributed by atoms with van der Waals surface area (Å²) in [7, 11) is 0. The van der Waals surface area contributed by atoms with Crippen molar-refractivity contribution in [3.05, 3.63) is 42.5 Å². The molecule has 1 atom stereocenters. The Morgan fingerprint density at radius 3 is 2.78 bits per heavy atom. The summed E-state index contributed by atoms with van der Waals surface area (Å²) in [6.45, 7) is 0.940. The van der Waals surface area contributed by atoms with Crippen LogP contribution in [-0.4, -0.2) is 18.5 Å². The topological polar surface area (TPSA) is 41.1 Å². The summed E-state index contributed by atoms with van der Waals surface area (Å²) in [5, 5.41) is 8.51. The van der Waals surface area contributed by atoms with E-state index in [1.807, 2.05) is 30.3 Å². The van der Waals surface area contributed by atoms with Crippen LogP contribution in [0.2, 0.25) is 0 Å². The second-order valence-electron chi connectivity index (χ2n) is 4.70. The molecule has 1 aliphatic heterocycles. The number of hydrogen-bond donors (Lipinski definition) is 2. The average Bonchev–Trinajstić information content (AvgIpc) is 2.92. The van der Waals surface area contributed by atoms with Gasteiger partial charge in [-0.2, -0.15) is 0 Å². The number of anilines is 1. The van der Waals surface area contributed by atoms with Gasteiger partial charge in [-0.25, -0.2) is 0 Å². The van der Waals surface area contributed by atoms with Crippen molar-refractivity contribution in [3.63, 3.8) is 0 Å². The molecule has 3 rings (SSSR count). The summed E-state index contributed by atoms with van der Waals surface area (Å²) < 4.78 is 0. The van der Waals surface area contributed by atoms with E-state index in [1.54, 1.807) is 0 Å². The van der Waals surface area contributed by atoms with E-state index in [0.29, 0.717) is 0 Å². The maximum atomic E-state index is 12.0. The van der Waals surface area contributed by atoms with Gasteiger partial charge in [0.15, 0.2) is 0 Å². The Morgan fingerprint density at radius 1 is 1.17 bits per heavy atom. The molecule has 2 aromatic rings. The lowest BCUT2D eigenvalue weighted by Crippen LogP contribution is -2.35. The second kappa shape index (κ2) is 4.78. The number of rotatable bonds is 2. The molecule has 1 aliphatic rings. The Kier molecular flexibility index (Phi) is 2.99. The standard InChI is InChI=1S/C15H16N2O/c18-15(14-6-3-9-16-14)17-13-8-7-11-4-1-2-5-12(11)10-13/h1-2,4-5,7-8,10,14,16H,3,6,9H2,(H,17,18)/t14-/m0/s1. The molecule has 1 fully saturated rings. The van der Waals surface area contributed by atoms with Crippen LogP contribution in [-0.2, 0) is 4.79 Å². The van der Waals surface area contributed by atoms with E-state index in [1.165, 1.54) is 5.39 Å². The maximum absolute atomic E-state index is 12.0. The molecule has 0 aromatic heterocycles. The minimum Gasteiger partial charge on any atom is -0.325 e. The molecule has 1 saturated heterocycles. The van der Waals surface area contributed by atoms with Crippen molar-refractivity contribution in [2.24, 2.45) is 0 Å². The van der Waals surface area contributed by atoms with Gasteiger partial charge in [0.25, 0.3) is 0 Å². The van der Waals surface area contributed by atoms with Gasteiger partial charge in [0.2, 0.25) is 5.91 Å². The van der Waals surface area contributed by atoms with Crippen molar-refractivity contribution < 1.29 is 4.79 Å². The zero-order valence-electron chi connectivity index (χ0n) is 10.1. The summed E-state index contributed by atoms with van der Waals surface area (Å²) in [4.78, 5) is 12.0. The fourth-order valence-corrected chi connectivity index (χ4v) is 2.40. The van der Waals surface area contributed by atoms with Gasteiger partial charge < -0.3 is 10.6 Å². The van der Waals surface area contributed by atoms with Crippen LogP contribution in [0.4, 0.5) is 5.69 Å². The van der Waals surface area contributed by atoms with Crippen molar-refractivity contribution in [3.8, 4) is 0 Å². The summed E-state index contributed by atoms with van der Waals surface area (Å²) >= 11 is 0. The highest BCUT2D eigenvalue weighted by Crippen LogP contribution is 2.19. The van der Waals surface area contributed by atoms with Crippen LogP contribution >= 0.6 is 0 Å². The van der Waals surface area contributed by atoms with Crippen LogP contribution in [0.1, 0.15) is 12.8 Å². The first-order chi connectivity index (χ1) is 8.83. The van der Waals surface area contributed by atoms with E-state index in [4.69, 9.17) is 0 Å². The van der Waals surface area contributed by atoms with E-state index in [-0.39, 0.29) is 11.9 Å². The number of amides is 1. The minimum absolute atomic E-state index is 0.0310. The third-order valence-corrected chi connectivity index (χ3v) is 3.39. The van der Waals surface area contributed by atoms with Gasteiger partial charge in [-0.05, 0) is 42.3 Å². The first kappa shape index (κ1) is 11.2. The molecule has 0 radical (unpaired) electrons. The summed E-state index contributed by atoms with van der Waals surface area (Å²) in [5.41, 5.74) is 0.868. The van der Waals surface area contributed by atoms with Crippen molar-refractivity contribution in [1.29, 1.82) is 0 Å². The van der Waals surface area contributed by atoms with E-state index in [2.05, 4.69) is 22.8 Å². The third kappa shape index (κ3) is 2.22. The largest absolute Gasteiger partial charge is 0.325 e. The van der Waals surface area contributed by atoms with Crippen LogP contribution in [0.25, 0.3) is 10.8 Å². The first-order valence-corrected chi connectivity index (χ1v) is 6.36. The minimum atomic E-state index is -0.0310. The summed E-state index contributed by atoms with van der Waals surface area (Å²) in [6.07, 6.45) is 2.01. The SMILES string of the molecule is O=C(Nc1ccc2ccccc2c1)[C@@H]1CCCN1. The molecule has 0 saturated carbocycles. The monoisotopic (exact) mass is 240 g/mol. The first-order valence-electron chi connectivity index (χ1n) is 6.36. The number of benzene rings is 2. The normalized spacial score (nSPS) is 19.0. The smallest absolute Gasteiger partial charge is 0.241 e. The van der Waals surface area contributed by atoms with Crippen molar-refractivity contribution in [1.82, 2.24) is 5.32 Å². The van der Waals surface area contributed by atoms with Gasteiger partial charge >= 0.3 is 0 Å². The molecule has 0 spiro atoms. The predicted molar refractivity (Wildman–Crippen MR) is 73.6 cm³/mol. The van der Waals surface area contributed by atoms with Gasteiger partial charge in [0.05, 0.1) is 6.04 Å². The summed E-state index contributed by atoms with van der Waals surface area (Å²) in [5.74, 6) is 0.0720. The van der Waals surface area contributed by atoms with Gasteiger partial charge in [-0.1, -0.05) is 30.3 Å². The van der Waals surface area contributed by atoms with E-state index < -0.39 is 0 Å². The molecule has 3 nitrogen and oxygen atoms in total. The summed E-state index contributed by atoms with van der Waals surface area (Å²) in [6, 6.07) is 14.1. The molecule has 0 unspecified atom stereocenters. The van der Waals surface area contributed by atoms with Crippen LogP contribution in [0.15, 0.2) is 42.5 Å². The molecule has 92 valence electrons. The highest BCUT2D eigenvalue weighted by molar-refractivity contribution is 5.97. The Hall–Kier alpha value is -1.87. The number of carbonyl (C=O) groups is 1. The average molecular weight is 240 g/mol. The molecular formula is C15H16N2O. The molecule has 1 heterocycles. The Balaban J connectivity index is 1.79. The third-order valence-electron chi connectivity index (χ3n) is 3.39. The lowest BCUT2D eigenvalue weighted by molar-refractivity contribution is -0.117. The van der Waals surface area contributed by atoms with Crippen LogP contribution < -0.4 is 10.6 Å². The van der Waals surface area contributed by atoms with Gasteiger partial charge in [-0.15, -0.1) is 0 Å². The Bertz CT molecular complexity index is 573.